The molecule has 0 radical (unpaired) electrons. The molecule has 3 aromatic heterocycles. The van der Waals surface area contributed by atoms with Crippen LogP contribution in [0.5, 0.6) is 5.75 Å². The van der Waals surface area contributed by atoms with Crippen molar-refractivity contribution in [2.45, 2.75) is 38.1 Å². The number of hydrogen-bond acceptors (Lipinski definition) is 7. The summed E-state index contributed by atoms with van der Waals surface area (Å²) in [5, 5.41) is 11.0. The Bertz CT molecular complexity index is 1320. The molecule has 4 N–H and O–H groups in total. The van der Waals surface area contributed by atoms with Crippen LogP contribution in [-0.2, 0) is 11.3 Å². The Kier molecular flexibility index (Phi) is 6.63. The number of anilines is 2. The van der Waals surface area contributed by atoms with Crippen molar-refractivity contribution in [1.29, 1.82) is 0 Å². The highest BCUT2D eigenvalue weighted by Gasteiger charge is 2.28. The molecule has 178 valence electrons. The summed E-state index contributed by atoms with van der Waals surface area (Å²) in [6.45, 7) is 0.647. The summed E-state index contributed by atoms with van der Waals surface area (Å²) in [5.41, 5.74) is 4.72. The van der Waals surface area contributed by atoms with Gasteiger partial charge in [-0.05, 0) is 54.9 Å². The summed E-state index contributed by atoms with van der Waals surface area (Å²) in [6, 6.07) is 13.2. The Labute approximate surface area is 204 Å². The first-order valence-electron chi connectivity index (χ1n) is 11.9. The van der Waals surface area contributed by atoms with Crippen LogP contribution in [0.2, 0.25) is 0 Å². The van der Waals surface area contributed by atoms with Crippen molar-refractivity contribution >= 4 is 36.4 Å². The second kappa shape index (κ2) is 10.1. The number of carbonyl (C=O) groups is 1. The molecule has 0 bridgehead atoms. The minimum absolute atomic E-state index is 0.0303. The van der Waals surface area contributed by atoms with E-state index >= 15 is 0 Å². The number of hydrogen-bond donors (Lipinski definition) is 3. The highest BCUT2D eigenvalue weighted by atomic mass is 16.6. The first kappa shape index (κ1) is 22.9. The molecule has 0 aliphatic heterocycles. The van der Waals surface area contributed by atoms with Gasteiger partial charge in [-0.15, -0.1) is 0 Å². The number of aromatic nitrogens is 4. The van der Waals surface area contributed by atoms with E-state index in [1.165, 1.54) is 0 Å². The fourth-order valence-electron chi connectivity index (χ4n) is 4.66. The molecule has 1 saturated carbocycles. The maximum atomic E-state index is 12.8. The lowest BCUT2D eigenvalue weighted by atomic mass is 9.80. The molecule has 10 heteroatoms. The van der Waals surface area contributed by atoms with Gasteiger partial charge in [0.05, 0.1) is 0 Å². The van der Waals surface area contributed by atoms with E-state index in [1.54, 1.807) is 24.4 Å². The molecule has 5 rings (SSSR count). The van der Waals surface area contributed by atoms with Crippen molar-refractivity contribution < 1.29 is 9.63 Å². The number of nitrogens with zero attached hydrogens (tertiary/aromatic N) is 4. The van der Waals surface area contributed by atoms with E-state index < -0.39 is 0 Å². The van der Waals surface area contributed by atoms with Crippen LogP contribution in [0, 0.1) is 5.92 Å². The Morgan fingerprint density at radius 1 is 1.14 bits per heavy atom. The molecule has 1 aromatic carbocycles. The lowest BCUT2D eigenvalue weighted by Crippen LogP contribution is -2.27. The van der Waals surface area contributed by atoms with Crippen molar-refractivity contribution in [1.82, 2.24) is 19.6 Å². The molecule has 9 nitrogen and oxygen atoms in total. The Morgan fingerprint density at radius 2 is 2.00 bits per heavy atom. The van der Waals surface area contributed by atoms with Crippen LogP contribution in [0.3, 0.4) is 0 Å². The third-order valence-electron chi connectivity index (χ3n) is 6.62. The number of benzene rings is 1. The second-order valence-electron chi connectivity index (χ2n) is 9.03. The number of carbonyl (C=O) groups excluding carboxylic acids is 1. The van der Waals surface area contributed by atoms with Crippen molar-refractivity contribution in [2.24, 2.45) is 11.8 Å². The highest BCUT2D eigenvalue weighted by molar-refractivity contribution is 6.36. The first-order valence-corrected chi connectivity index (χ1v) is 11.9. The fourth-order valence-corrected chi connectivity index (χ4v) is 4.66. The smallest absolute Gasteiger partial charge is 0.227 e. The van der Waals surface area contributed by atoms with E-state index in [4.69, 9.17) is 15.7 Å². The van der Waals surface area contributed by atoms with E-state index in [1.807, 2.05) is 43.0 Å². The van der Waals surface area contributed by atoms with Crippen molar-refractivity contribution in [3.8, 4) is 5.75 Å². The average molecular weight is 469 g/mol. The van der Waals surface area contributed by atoms with Gasteiger partial charge in [-0.1, -0.05) is 12.1 Å². The number of amides is 1. The van der Waals surface area contributed by atoms with Crippen molar-refractivity contribution in [3.63, 3.8) is 0 Å². The van der Waals surface area contributed by atoms with Gasteiger partial charge in [-0.3, -0.25) is 9.78 Å². The highest BCUT2D eigenvalue weighted by Crippen LogP contribution is 2.36. The standard InChI is InChI=1S/C25H28BN7O2/c26-21-15-30-33-23(29-14-16-3-2-10-28-13-16)12-22(32-24(21)33)17-6-8-18(9-7-17)25(34)31-19-4-1-5-20(11-19)35-27/h1-5,10-13,15,17-18,29H,6-9,14,26-27H2,(H,31,34). The molecule has 0 saturated heterocycles. The normalized spacial score (nSPS) is 17.7. The summed E-state index contributed by atoms with van der Waals surface area (Å²) in [4.78, 5) is 26.7. The average Bonchev–Trinajstić information content (AvgIpc) is 3.28. The molecular weight excluding hydrogens is 441 g/mol. The van der Waals surface area contributed by atoms with Gasteiger partial charge in [0.1, 0.15) is 19.4 Å². The predicted molar refractivity (Wildman–Crippen MR) is 137 cm³/mol. The van der Waals surface area contributed by atoms with E-state index in [9.17, 15) is 4.79 Å². The molecule has 1 amide bonds. The zero-order valence-electron chi connectivity index (χ0n) is 19.6. The van der Waals surface area contributed by atoms with Crippen LogP contribution in [0.25, 0.3) is 5.65 Å². The van der Waals surface area contributed by atoms with Crippen LogP contribution >= 0.6 is 0 Å². The van der Waals surface area contributed by atoms with Gasteiger partial charge < -0.3 is 15.5 Å². The summed E-state index contributed by atoms with van der Waals surface area (Å²) in [6.07, 6.45) is 8.90. The van der Waals surface area contributed by atoms with E-state index in [-0.39, 0.29) is 11.8 Å². The van der Waals surface area contributed by atoms with E-state index in [0.717, 1.165) is 53.9 Å². The van der Waals surface area contributed by atoms with Crippen LogP contribution in [0.15, 0.2) is 61.1 Å². The number of nitrogens with one attached hydrogen (secondary N) is 2. The van der Waals surface area contributed by atoms with Gasteiger partial charge in [0, 0.05) is 60.5 Å². The number of pyridine rings is 1. The first-order chi connectivity index (χ1) is 17.1. The topological polar surface area (TPSA) is 119 Å². The second-order valence-corrected chi connectivity index (χ2v) is 9.03. The third-order valence-corrected chi connectivity index (χ3v) is 6.62. The quantitative estimate of drug-likeness (QED) is 0.280. The molecule has 35 heavy (non-hydrogen) atoms. The van der Waals surface area contributed by atoms with Crippen LogP contribution in [-0.4, -0.2) is 33.3 Å². The monoisotopic (exact) mass is 469 g/mol. The summed E-state index contributed by atoms with van der Waals surface area (Å²) >= 11 is 0. The van der Waals surface area contributed by atoms with Gasteiger partial charge in [0.25, 0.3) is 0 Å². The molecule has 1 aliphatic rings. The van der Waals surface area contributed by atoms with Gasteiger partial charge in [0.2, 0.25) is 5.91 Å². The summed E-state index contributed by atoms with van der Waals surface area (Å²) in [7, 11) is 2.02. The van der Waals surface area contributed by atoms with Gasteiger partial charge in [-0.2, -0.15) is 15.5 Å². The lowest BCUT2D eigenvalue weighted by molar-refractivity contribution is -0.120. The number of rotatable bonds is 7. The number of fused-ring (bicyclic) bond motifs is 1. The molecule has 3 heterocycles. The minimum Gasteiger partial charge on any atom is -0.411 e. The molecule has 1 fully saturated rings. The van der Waals surface area contributed by atoms with Crippen LogP contribution in [0.1, 0.15) is 42.9 Å². The van der Waals surface area contributed by atoms with Crippen molar-refractivity contribution in [3.05, 3.63) is 72.3 Å². The largest absolute Gasteiger partial charge is 0.411 e. The summed E-state index contributed by atoms with van der Waals surface area (Å²) in [5.74, 6) is 6.95. The zero-order chi connectivity index (χ0) is 24.2. The summed E-state index contributed by atoms with van der Waals surface area (Å²) < 4.78 is 1.85. The van der Waals surface area contributed by atoms with Crippen LogP contribution < -0.4 is 26.8 Å². The molecule has 0 atom stereocenters. The minimum atomic E-state index is -0.0303. The SMILES string of the molecule is Bc1cnn2c(NCc3cccnc3)cc(C3CCC(C(=O)Nc4cccc(ON)c4)CC3)nc12. The molecular formula is C25H28BN7O2. The third kappa shape index (κ3) is 5.12. The molecule has 4 aromatic rings. The Balaban J connectivity index is 1.27. The number of nitrogens with two attached hydrogens (primary N) is 1. The van der Waals surface area contributed by atoms with Gasteiger partial charge in [-0.25, -0.2) is 4.98 Å². The molecule has 0 spiro atoms. The van der Waals surface area contributed by atoms with E-state index in [0.29, 0.717) is 23.9 Å². The maximum Gasteiger partial charge on any atom is 0.227 e. The van der Waals surface area contributed by atoms with Crippen LogP contribution in [0.4, 0.5) is 11.5 Å². The lowest BCUT2D eigenvalue weighted by Gasteiger charge is -2.28. The predicted octanol–water partition coefficient (Wildman–Crippen LogP) is 2.16. The zero-order valence-corrected chi connectivity index (χ0v) is 19.6. The van der Waals surface area contributed by atoms with Gasteiger partial charge >= 0.3 is 0 Å². The van der Waals surface area contributed by atoms with E-state index in [2.05, 4.69) is 26.8 Å². The Morgan fingerprint density at radius 3 is 2.77 bits per heavy atom. The van der Waals surface area contributed by atoms with Crippen molar-refractivity contribution in [2.75, 3.05) is 10.6 Å². The Hall–Kier alpha value is -3.92. The molecule has 0 unspecified atom stereocenters. The maximum absolute atomic E-state index is 12.8. The van der Waals surface area contributed by atoms with Gasteiger partial charge in [0.15, 0.2) is 5.65 Å². The molecule has 1 aliphatic carbocycles. The fraction of sp³-hybridized carbons (Fsp3) is 0.280.